The van der Waals surface area contributed by atoms with Crippen LogP contribution in [0.5, 0.6) is 0 Å². The summed E-state index contributed by atoms with van der Waals surface area (Å²) in [5.74, 6) is 0.923. The minimum atomic E-state index is -0.974. The van der Waals surface area contributed by atoms with Gasteiger partial charge in [-0.3, -0.25) is 0 Å². The molecule has 0 aromatic carbocycles. The minimum Gasteiger partial charge on any atom is -0.465 e. The predicted molar refractivity (Wildman–Crippen MR) is 59.2 cm³/mol. The standard InChI is InChI=1S/C10H17NO3S/c12-7-3-1-2-4-8-9(7)6(5-15-8)11-10(13)14/h6-9,11-12H,1-5H2,(H,13,14). The smallest absolute Gasteiger partial charge is 0.404 e. The maximum Gasteiger partial charge on any atom is 0.404 e. The highest BCUT2D eigenvalue weighted by atomic mass is 32.2. The molecule has 1 saturated carbocycles. The van der Waals surface area contributed by atoms with Crippen molar-refractivity contribution in [2.45, 2.75) is 43.1 Å². The summed E-state index contributed by atoms with van der Waals surface area (Å²) in [5, 5.41) is 21.7. The topological polar surface area (TPSA) is 69.6 Å². The van der Waals surface area contributed by atoms with Gasteiger partial charge >= 0.3 is 6.09 Å². The lowest BCUT2D eigenvalue weighted by atomic mass is 9.90. The van der Waals surface area contributed by atoms with Crippen LogP contribution in [-0.2, 0) is 0 Å². The monoisotopic (exact) mass is 231 g/mol. The van der Waals surface area contributed by atoms with Crippen molar-refractivity contribution in [3.05, 3.63) is 0 Å². The number of fused-ring (bicyclic) bond motifs is 1. The van der Waals surface area contributed by atoms with E-state index in [1.807, 2.05) is 11.8 Å². The quantitative estimate of drug-likeness (QED) is 0.636. The van der Waals surface area contributed by atoms with Crippen molar-refractivity contribution in [3.63, 3.8) is 0 Å². The third-order valence-electron chi connectivity index (χ3n) is 3.38. The van der Waals surface area contributed by atoms with E-state index in [4.69, 9.17) is 5.11 Å². The fourth-order valence-electron chi connectivity index (χ4n) is 2.69. The molecule has 86 valence electrons. The summed E-state index contributed by atoms with van der Waals surface area (Å²) in [6, 6.07) is -0.0643. The number of carboxylic acid groups (broad SMARTS) is 1. The molecule has 3 N–H and O–H groups in total. The first-order chi connectivity index (χ1) is 7.18. The third-order valence-corrected chi connectivity index (χ3v) is 4.91. The van der Waals surface area contributed by atoms with E-state index < -0.39 is 6.09 Å². The van der Waals surface area contributed by atoms with Crippen LogP contribution in [0.25, 0.3) is 0 Å². The molecule has 0 aromatic heterocycles. The first-order valence-corrected chi connectivity index (χ1v) is 6.52. The van der Waals surface area contributed by atoms with Crippen molar-refractivity contribution in [2.75, 3.05) is 5.75 Å². The number of rotatable bonds is 1. The Labute approximate surface area is 93.4 Å². The van der Waals surface area contributed by atoms with Crippen LogP contribution in [0, 0.1) is 5.92 Å². The van der Waals surface area contributed by atoms with E-state index in [0.717, 1.165) is 31.4 Å². The van der Waals surface area contributed by atoms with Crippen LogP contribution in [0.2, 0.25) is 0 Å². The molecule has 1 aliphatic heterocycles. The Bertz CT molecular complexity index is 249. The second-order valence-electron chi connectivity index (χ2n) is 4.36. The van der Waals surface area contributed by atoms with Crippen LogP contribution in [0.3, 0.4) is 0 Å². The van der Waals surface area contributed by atoms with Gasteiger partial charge in [0.2, 0.25) is 0 Å². The Morgan fingerprint density at radius 3 is 2.80 bits per heavy atom. The molecular weight excluding hydrogens is 214 g/mol. The van der Waals surface area contributed by atoms with Crippen molar-refractivity contribution < 1.29 is 15.0 Å². The lowest BCUT2D eigenvalue weighted by molar-refractivity contribution is 0.0887. The highest BCUT2D eigenvalue weighted by Crippen LogP contribution is 2.41. The van der Waals surface area contributed by atoms with E-state index in [9.17, 15) is 9.90 Å². The van der Waals surface area contributed by atoms with Crippen molar-refractivity contribution >= 4 is 17.9 Å². The summed E-state index contributed by atoms with van der Waals surface area (Å²) in [6.07, 6.45) is 2.85. The number of thioether (sulfide) groups is 1. The Morgan fingerprint density at radius 1 is 1.33 bits per heavy atom. The van der Waals surface area contributed by atoms with E-state index in [1.54, 1.807) is 0 Å². The van der Waals surface area contributed by atoms with Gasteiger partial charge in [-0.2, -0.15) is 11.8 Å². The Morgan fingerprint density at radius 2 is 2.07 bits per heavy atom. The van der Waals surface area contributed by atoms with E-state index >= 15 is 0 Å². The van der Waals surface area contributed by atoms with Crippen LogP contribution >= 0.6 is 11.8 Å². The molecule has 1 saturated heterocycles. The van der Waals surface area contributed by atoms with E-state index in [2.05, 4.69) is 5.32 Å². The first kappa shape index (κ1) is 11.1. The number of hydrogen-bond donors (Lipinski definition) is 3. The number of aliphatic hydroxyl groups is 1. The molecule has 15 heavy (non-hydrogen) atoms. The normalized spacial score (nSPS) is 40.6. The molecular formula is C10H17NO3S. The molecule has 2 fully saturated rings. The summed E-state index contributed by atoms with van der Waals surface area (Å²) < 4.78 is 0. The number of hydrogen-bond acceptors (Lipinski definition) is 3. The van der Waals surface area contributed by atoms with Crippen molar-refractivity contribution in [1.82, 2.24) is 5.32 Å². The summed E-state index contributed by atoms with van der Waals surface area (Å²) in [6.45, 7) is 0. The van der Waals surface area contributed by atoms with E-state index in [1.165, 1.54) is 0 Å². The Balaban J connectivity index is 2.05. The molecule has 4 nitrogen and oxygen atoms in total. The van der Waals surface area contributed by atoms with Gasteiger partial charge in [0, 0.05) is 23.0 Å². The van der Waals surface area contributed by atoms with Crippen molar-refractivity contribution in [2.24, 2.45) is 5.92 Å². The van der Waals surface area contributed by atoms with Gasteiger partial charge < -0.3 is 15.5 Å². The predicted octanol–water partition coefficient (Wildman–Crippen LogP) is 1.29. The molecule has 0 radical (unpaired) electrons. The largest absolute Gasteiger partial charge is 0.465 e. The molecule has 0 aromatic rings. The molecule has 0 spiro atoms. The van der Waals surface area contributed by atoms with Gasteiger partial charge in [-0.25, -0.2) is 4.79 Å². The number of aliphatic hydroxyl groups excluding tert-OH is 1. The minimum absolute atomic E-state index is 0.0643. The summed E-state index contributed by atoms with van der Waals surface area (Å²) in [5.41, 5.74) is 0. The average Bonchev–Trinajstić information content (AvgIpc) is 2.45. The van der Waals surface area contributed by atoms with Gasteiger partial charge in [-0.15, -0.1) is 0 Å². The summed E-state index contributed by atoms with van der Waals surface area (Å²) in [4.78, 5) is 10.6. The molecule has 1 aliphatic carbocycles. The van der Waals surface area contributed by atoms with Crippen LogP contribution in [0.4, 0.5) is 4.79 Å². The zero-order valence-corrected chi connectivity index (χ0v) is 9.37. The zero-order chi connectivity index (χ0) is 10.8. The Hall–Kier alpha value is -0.420. The van der Waals surface area contributed by atoms with Gasteiger partial charge in [0.25, 0.3) is 0 Å². The molecule has 1 amide bonds. The molecule has 1 heterocycles. The fraction of sp³-hybridized carbons (Fsp3) is 0.900. The lowest BCUT2D eigenvalue weighted by Gasteiger charge is -2.26. The average molecular weight is 231 g/mol. The van der Waals surface area contributed by atoms with Gasteiger partial charge in [-0.05, 0) is 12.8 Å². The maximum absolute atomic E-state index is 10.6. The molecule has 0 bridgehead atoms. The number of amides is 1. The highest BCUT2D eigenvalue weighted by molar-refractivity contribution is 8.00. The van der Waals surface area contributed by atoms with Gasteiger partial charge in [-0.1, -0.05) is 12.8 Å². The number of carbonyl (C=O) groups is 1. The zero-order valence-electron chi connectivity index (χ0n) is 8.56. The number of nitrogens with one attached hydrogen (secondary N) is 1. The van der Waals surface area contributed by atoms with Crippen LogP contribution < -0.4 is 5.32 Å². The molecule has 2 aliphatic rings. The van der Waals surface area contributed by atoms with Crippen LogP contribution in [0.1, 0.15) is 25.7 Å². The van der Waals surface area contributed by atoms with E-state index in [0.29, 0.717) is 5.25 Å². The molecule has 5 heteroatoms. The second-order valence-corrected chi connectivity index (χ2v) is 5.63. The Kier molecular flexibility index (Phi) is 3.41. The first-order valence-electron chi connectivity index (χ1n) is 5.47. The van der Waals surface area contributed by atoms with Gasteiger partial charge in [0.1, 0.15) is 0 Å². The molecule has 4 atom stereocenters. The maximum atomic E-state index is 10.6. The highest BCUT2D eigenvalue weighted by Gasteiger charge is 2.42. The lowest BCUT2D eigenvalue weighted by Crippen LogP contribution is -2.44. The van der Waals surface area contributed by atoms with Crippen LogP contribution in [0.15, 0.2) is 0 Å². The van der Waals surface area contributed by atoms with Crippen LogP contribution in [-0.4, -0.2) is 39.5 Å². The SMILES string of the molecule is O=C(O)NC1CSC2CCCCC(O)C12. The van der Waals surface area contributed by atoms with Gasteiger partial charge in [0.05, 0.1) is 6.10 Å². The molecule has 4 unspecified atom stereocenters. The van der Waals surface area contributed by atoms with Crippen molar-refractivity contribution in [3.8, 4) is 0 Å². The second kappa shape index (κ2) is 4.61. The molecule has 2 rings (SSSR count). The van der Waals surface area contributed by atoms with Crippen molar-refractivity contribution in [1.29, 1.82) is 0 Å². The summed E-state index contributed by atoms with van der Waals surface area (Å²) in [7, 11) is 0. The van der Waals surface area contributed by atoms with Gasteiger partial charge in [0.15, 0.2) is 0 Å². The summed E-state index contributed by atoms with van der Waals surface area (Å²) >= 11 is 1.81. The van der Waals surface area contributed by atoms with E-state index in [-0.39, 0.29) is 18.1 Å². The fourth-order valence-corrected chi connectivity index (χ4v) is 4.37. The third kappa shape index (κ3) is 2.39.